The van der Waals surface area contributed by atoms with E-state index in [0.717, 1.165) is 18.7 Å². The average Bonchev–Trinajstić information content (AvgIpc) is 2.75. The molecule has 2 rings (SSSR count). The molecule has 0 saturated carbocycles. The number of likely N-dealkylation sites (tertiary alicyclic amines) is 1. The van der Waals surface area contributed by atoms with Crippen LogP contribution >= 0.6 is 0 Å². The third-order valence-electron chi connectivity index (χ3n) is 2.46. The molecule has 0 amide bonds. The molecule has 0 radical (unpaired) electrons. The standard InChI is InChI=1S/C8H15N5/c1-2-6-13(5-1)7-3-4-8-9-11-12-10-8/h1-7H2,(H,9,10,11,12). The summed E-state index contributed by atoms with van der Waals surface area (Å²) in [7, 11) is 0. The predicted molar refractivity (Wildman–Crippen MR) is 48.2 cm³/mol. The summed E-state index contributed by atoms with van der Waals surface area (Å²) in [4.78, 5) is 2.50. The van der Waals surface area contributed by atoms with E-state index in [1.807, 2.05) is 0 Å². The van der Waals surface area contributed by atoms with Gasteiger partial charge in [0.15, 0.2) is 5.82 Å². The Morgan fingerprint density at radius 3 is 2.85 bits per heavy atom. The molecule has 1 fully saturated rings. The fraction of sp³-hybridized carbons (Fsp3) is 0.875. The topological polar surface area (TPSA) is 57.7 Å². The Balaban J connectivity index is 1.63. The Morgan fingerprint density at radius 1 is 1.31 bits per heavy atom. The van der Waals surface area contributed by atoms with Gasteiger partial charge in [-0.15, -0.1) is 10.2 Å². The predicted octanol–water partition coefficient (Wildman–Crippen LogP) is 0.228. The molecule has 72 valence electrons. The van der Waals surface area contributed by atoms with Gasteiger partial charge in [0, 0.05) is 6.42 Å². The fourth-order valence-corrected chi connectivity index (χ4v) is 1.76. The van der Waals surface area contributed by atoms with Gasteiger partial charge in [-0.05, 0) is 38.9 Å². The second-order valence-corrected chi connectivity index (χ2v) is 3.48. The van der Waals surface area contributed by atoms with Crippen LogP contribution in [0.4, 0.5) is 0 Å². The van der Waals surface area contributed by atoms with Crippen LogP contribution in [0, 0.1) is 0 Å². The Bertz CT molecular complexity index is 227. The molecular weight excluding hydrogens is 166 g/mol. The maximum Gasteiger partial charge on any atom is 0.174 e. The fourth-order valence-electron chi connectivity index (χ4n) is 1.76. The minimum atomic E-state index is 0.833. The molecular formula is C8H15N5. The molecule has 0 bridgehead atoms. The van der Waals surface area contributed by atoms with Gasteiger partial charge in [0.2, 0.25) is 0 Å². The van der Waals surface area contributed by atoms with Crippen LogP contribution in [0.15, 0.2) is 0 Å². The first-order valence-corrected chi connectivity index (χ1v) is 4.90. The van der Waals surface area contributed by atoms with Crippen LogP contribution < -0.4 is 0 Å². The van der Waals surface area contributed by atoms with Crippen molar-refractivity contribution in [3.8, 4) is 0 Å². The van der Waals surface area contributed by atoms with Crippen molar-refractivity contribution >= 4 is 0 Å². The van der Waals surface area contributed by atoms with Gasteiger partial charge in [-0.2, -0.15) is 5.21 Å². The molecule has 1 aliphatic heterocycles. The molecule has 0 aromatic carbocycles. The summed E-state index contributed by atoms with van der Waals surface area (Å²) in [6.07, 6.45) is 4.80. The van der Waals surface area contributed by atoms with Gasteiger partial charge >= 0.3 is 0 Å². The van der Waals surface area contributed by atoms with Gasteiger partial charge in [-0.25, -0.2) is 0 Å². The summed E-state index contributed by atoms with van der Waals surface area (Å²) < 4.78 is 0. The van der Waals surface area contributed by atoms with Gasteiger partial charge < -0.3 is 4.90 Å². The molecule has 0 unspecified atom stereocenters. The molecule has 2 heterocycles. The summed E-state index contributed by atoms with van der Waals surface area (Å²) in [6, 6.07) is 0. The second kappa shape index (κ2) is 4.32. The number of nitrogens with zero attached hydrogens (tertiary/aromatic N) is 4. The van der Waals surface area contributed by atoms with E-state index in [4.69, 9.17) is 0 Å². The van der Waals surface area contributed by atoms with Crippen molar-refractivity contribution in [2.24, 2.45) is 0 Å². The van der Waals surface area contributed by atoms with Crippen LogP contribution in [-0.4, -0.2) is 45.2 Å². The molecule has 5 heteroatoms. The third kappa shape index (κ3) is 2.48. The lowest BCUT2D eigenvalue weighted by Crippen LogP contribution is -2.20. The number of nitrogens with one attached hydrogen (secondary N) is 1. The van der Waals surface area contributed by atoms with Crippen LogP contribution in [0.1, 0.15) is 25.1 Å². The van der Waals surface area contributed by atoms with Crippen LogP contribution in [0.25, 0.3) is 0 Å². The van der Waals surface area contributed by atoms with E-state index >= 15 is 0 Å². The Kier molecular flexibility index (Phi) is 2.86. The lowest BCUT2D eigenvalue weighted by molar-refractivity contribution is 0.333. The molecule has 1 saturated heterocycles. The van der Waals surface area contributed by atoms with Crippen molar-refractivity contribution in [1.82, 2.24) is 25.5 Å². The normalized spacial score (nSPS) is 18.2. The molecule has 0 aliphatic carbocycles. The van der Waals surface area contributed by atoms with E-state index in [1.54, 1.807) is 0 Å². The zero-order valence-electron chi connectivity index (χ0n) is 7.74. The highest BCUT2D eigenvalue weighted by molar-refractivity contribution is 4.76. The van der Waals surface area contributed by atoms with Crippen LogP contribution in [-0.2, 0) is 6.42 Å². The van der Waals surface area contributed by atoms with E-state index in [0.29, 0.717) is 0 Å². The Labute approximate surface area is 77.5 Å². The molecule has 1 N–H and O–H groups in total. The van der Waals surface area contributed by atoms with Gasteiger partial charge in [-0.1, -0.05) is 5.21 Å². The van der Waals surface area contributed by atoms with E-state index in [2.05, 4.69) is 25.5 Å². The van der Waals surface area contributed by atoms with Crippen LogP contribution in [0.3, 0.4) is 0 Å². The van der Waals surface area contributed by atoms with E-state index in [1.165, 1.54) is 32.5 Å². The lowest BCUT2D eigenvalue weighted by Gasteiger charge is -2.12. The minimum Gasteiger partial charge on any atom is -0.303 e. The number of aromatic amines is 1. The number of hydrogen-bond donors (Lipinski definition) is 1. The maximum atomic E-state index is 3.91. The average molecular weight is 181 g/mol. The largest absolute Gasteiger partial charge is 0.303 e. The molecule has 1 aromatic rings. The van der Waals surface area contributed by atoms with E-state index in [-0.39, 0.29) is 0 Å². The second-order valence-electron chi connectivity index (χ2n) is 3.48. The number of H-pyrrole nitrogens is 1. The first-order valence-electron chi connectivity index (χ1n) is 4.90. The first kappa shape index (κ1) is 8.62. The van der Waals surface area contributed by atoms with E-state index in [9.17, 15) is 0 Å². The maximum absolute atomic E-state index is 3.91. The highest BCUT2D eigenvalue weighted by atomic mass is 15.5. The van der Waals surface area contributed by atoms with Crippen molar-refractivity contribution < 1.29 is 0 Å². The summed E-state index contributed by atoms with van der Waals surface area (Å²) in [5.74, 6) is 0.833. The smallest absolute Gasteiger partial charge is 0.174 e. The quantitative estimate of drug-likeness (QED) is 0.722. The lowest BCUT2D eigenvalue weighted by atomic mass is 10.3. The number of hydrogen-bond acceptors (Lipinski definition) is 4. The van der Waals surface area contributed by atoms with Gasteiger partial charge in [0.25, 0.3) is 0 Å². The Hall–Kier alpha value is -0.970. The zero-order chi connectivity index (χ0) is 8.93. The molecule has 0 atom stereocenters. The monoisotopic (exact) mass is 181 g/mol. The van der Waals surface area contributed by atoms with Crippen molar-refractivity contribution in [3.63, 3.8) is 0 Å². The molecule has 1 aromatic heterocycles. The van der Waals surface area contributed by atoms with Crippen molar-refractivity contribution in [3.05, 3.63) is 5.82 Å². The number of aromatic nitrogens is 4. The molecule has 0 spiro atoms. The number of tetrazole rings is 1. The number of aryl methyl sites for hydroxylation is 1. The first-order chi connectivity index (χ1) is 6.45. The number of rotatable bonds is 4. The Morgan fingerprint density at radius 2 is 2.15 bits per heavy atom. The van der Waals surface area contributed by atoms with Crippen LogP contribution in [0.2, 0.25) is 0 Å². The third-order valence-corrected chi connectivity index (χ3v) is 2.46. The summed E-state index contributed by atoms with van der Waals surface area (Å²) in [6.45, 7) is 3.72. The molecule has 13 heavy (non-hydrogen) atoms. The summed E-state index contributed by atoms with van der Waals surface area (Å²) in [5.41, 5.74) is 0. The summed E-state index contributed by atoms with van der Waals surface area (Å²) >= 11 is 0. The van der Waals surface area contributed by atoms with Crippen molar-refractivity contribution in [2.45, 2.75) is 25.7 Å². The minimum absolute atomic E-state index is 0.833. The highest BCUT2D eigenvalue weighted by Crippen LogP contribution is 2.07. The SMILES string of the molecule is C1CCN(CCCc2nn[nH]n2)C1. The van der Waals surface area contributed by atoms with E-state index < -0.39 is 0 Å². The molecule has 5 nitrogen and oxygen atoms in total. The van der Waals surface area contributed by atoms with Gasteiger partial charge in [0.1, 0.15) is 0 Å². The van der Waals surface area contributed by atoms with Gasteiger partial charge in [0.05, 0.1) is 0 Å². The van der Waals surface area contributed by atoms with Crippen molar-refractivity contribution in [2.75, 3.05) is 19.6 Å². The highest BCUT2D eigenvalue weighted by Gasteiger charge is 2.10. The van der Waals surface area contributed by atoms with Crippen LogP contribution in [0.5, 0.6) is 0 Å². The molecule has 1 aliphatic rings. The van der Waals surface area contributed by atoms with Gasteiger partial charge in [-0.3, -0.25) is 0 Å². The zero-order valence-corrected chi connectivity index (χ0v) is 7.74. The van der Waals surface area contributed by atoms with Crippen molar-refractivity contribution in [1.29, 1.82) is 0 Å². The summed E-state index contributed by atoms with van der Waals surface area (Å²) in [5, 5.41) is 13.8.